The van der Waals surface area contributed by atoms with Crippen LogP contribution in [0.15, 0.2) is 30.5 Å². The molecule has 7 nitrogen and oxygen atoms in total. The average molecular weight is 301 g/mol. The summed E-state index contributed by atoms with van der Waals surface area (Å²) in [5, 5.41) is 3.46. The summed E-state index contributed by atoms with van der Waals surface area (Å²) < 4.78 is 4.96. The topological polar surface area (TPSA) is 91.5 Å². The van der Waals surface area contributed by atoms with Gasteiger partial charge in [-0.15, -0.1) is 0 Å². The minimum atomic E-state index is -0.512. The number of para-hydroxylation sites is 1. The van der Waals surface area contributed by atoms with E-state index >= 15 is 0 Å². The first-order chi connectivity index (χ1) is 10.6. The van der Waals surface area contributed by atoms with Crippen LogP contribution >= 0.6 is 0 Å². The third-order valence-corrected chi connectivity index (χ3v) is 3.52. The van der Waals surface area contributed by atoms with Crippen molar-refractivity contribution in [2.45, 2.75) is 6.42 Å². The summed E-state index contributed by atoms with van der Waals surface area (Å²) >= 11 is 0. The normalized spacial score (nSPS) is 14.2. The summed E-state index contributed by atoms with van der Waals surface area (Å²) in [6.45, 7) is 0.306. The maximum Gasteiger partial charge on any atom is 0.324 e. The Hall–Kier alpha value is -2.83. The second-order valence-electron chi connectivity index (χ2n) is 4.97. The van der Waals surface area contributed by atoms with Crippen molar-refractivity contribution in [1.82, 2.24) is 15.2 Å². The number of carbonyl (C=O) groups is 3. The van der Waals surface area contributed by atoms with E-state index in [-0.39, 0.29) is 6.42 Å². The first-order valence-electron chi connectivity index (χ1n) is 6.94. The minimum Gasteiger partial charge on any atom is -0.455 e. The Balaban J connectivity index is 1.56. The number of urea groups is 1. The third-order valence-electron chi connectivity index (χ3n) is 3.52. The van der Waals surface area contributed by atoms with Crippen LogP contribution in [0.1, 0.15) is 5.56 Å². The highest BCUT2D eigenvalue weighted by Gasteiger charge is 2.26. The van der Waals surface area contributed by atoms with Crippen molar-refractivity contribution in [3.8, 4) is 0 Å². The van der Waals surface area contributed by atoms with Crippen LogP contribution in [0.25, 0.3) is 10.9 Å². The van der Waals surface area contributed by atoms with Gasteiger partial charge in [-0.25, -0.2) is 4.79 Å². The smallest absolute Gasteiger partial charge is 0.324 e. The summed E-state index contributed by atoms with van der Waals surface area (Å²) in [7, 11) is 0. The number of amides is 3. The Labute approximate surface area is 126 Å². The van der Waals surface area contributed by atoms with E-state index in [9.17, 15) is 14.4 Å². The van der Waals surface area contributed by atoms with Gasteiger partial charge >= 0.3 is 12.0 Å². The maximum atomic E-state index is 11.8. The van der Waals surface area contributed by atoms with Gasteiger partial charge in [-0.3, -0.25) is 14.5 Å². The molecule has 0 spiro atoms. The lowest BCUT2D eigenvalue weighted by Gasteiger charge is -2.11. The zero-order valence-corrected chi connectivity index (χ0v) is 11.8. The molecule has 2 aromatic rings. The van der Waals surface area contributed by atoms with Crippen molar-refractivity contribution in [3.63, 3.8) is 0 Å². The molecule has 1 aromatic carbocycles. The van der Waals surface area contributed by atoms with E-state index in [4.69, 9.17) is 4.74 Å². The van der Waals surface area contributed by atoms with Gasteiger partial charge in [-0.2, -0.15) is 0 Å². The molecule has 3 rings (SSSR count). The van der Waals surface area contributed by atoms with Crippen molar-refractivity contribution in [2.24, 2.45) is 0 Å². The predicted molar refractivity (Wildman–Crippen MR) is 78.1 cm³/mol. The van der Waals surface area contributed by atoms with Gasteiger partial charge in [0.2, 0.25) is 0 Å². The summed E-state index contributed by atoms with van der Waals surface area (Å²) in [4.78, 5) is 39.0. The van der Waals surface area contributed by atoms with Gasteiger partial charge in [0.1, 0.15) is 0 Å². The monoisotopic (exact) mass is 301 g/mol. The molecule has 1 fully saturated rings. The van der Waals surface area contributed by atoms with Gasteiger partial charge in [0, 0.05) is 30.2 Å². The molecule has 1 aliphatic heterocycles. The standard InChI is InChI=1S/C15H15N3O4/c19-13(18-6-5-16-15(18)21)9-22-14(20)7-10-8-17-12-4-2-1-3-11(10)12/h1-4,8,17H,5-7,9H2,(H,16,21). The van der Waals surface area contributed by atoms with Gasteiger partial charge in [0.25, 0.3) is 5.91 Å². The number of aromatic nitrogens is 1. The fourth-order valence-corrected chi connectivity index (χ4v) is 2.41. The lowest BCUT2D eigenvalue weighted by atomic mass is 10.1. The first-order valence-corrected chi connectivity index (χ1v) is 6.94. The van der Waals surface area contributed by atoms with Gasteiger partial charge in [-0.05, 0) is 11.6 Å². The number of imide groups is 1. The van der Waals surface area contributed by atoms with E-state index in [1.165, 1.54) is 0 Å². The highest BCUT2D eigenvalue weighted by Crippen LogP contribution is 2.18. The molecule has 0 bridgehead atoms. The Morgan fingerprint density at radius 1 is 1.27 bits per heavy atom. The second kappa shape index (κ2) is 5.88. The van der Waals surface area contributed by atoms with Crippen molar-refractivity contribution in [1.29, 1.82) is 0 Å². The number of aromatic amines is 1. The van der Waals surface area contributed by atoms with Crippen molar-refractivity contribution in [2.75, 3.05) is 19.7 Å². The zero-order valence-electron chi connectivity index (χ0n) is 11.8. The van der Waals surface area contributed by atoms with E-state index in [2.05, 4.69) is 10.3 Å². The molecule has 2 N–H and O–H groups in total. The largest absolute Gasteiger partial charge is 0.455 e. The van der Waals surface area contributed by atoms with E-state index in [0.29, 0.717) is 13.1 Å². The molecule has 1 saturated heterocycles. The third kappa shape index (κ3) is 2.78. The van der Waals surface area contributed by atoms with E-state index in [1.807, 2.05) is 24.3 Å². The number of hydrogen-bond donors (Lipinski definition) is 2. The molecular weight excluding hydrogens is 286 g/mol. The Morgan fingerprint density at radius 2 is 2.09 bits per heavy atom. The molecule has 0 aliphatic carbocycles. The molecule has 1 aliphatic rings. The van der Waals surface area contributed by atoms with Crippen LogP contribution in [0.3, 0.4) is 0 Å². The number of benzene rings is 1. The van der Waals surface area contributed by atoms with E-state index in [1.54, 1.807) is 6.20 Å². The molecule has 0 unspecified atom stereocenters. The number of H-pyrrole nitrogens is 1. The zero-order chi connectivity index (χ0) is 15.5. The molecule has 0 radical (unpaired) electrons. The van der Waals surface area contributed by atoms with Crippen molar-refractivity contribution < 1.29 is 19.1 Å². The quantitative estimate of drug-likeness (QED) is 0.817. The van der Waals surface area contributed by atoms with Gasteiger partial charge in [0.05, 0.1) is 6.42 Å². The lowest BCUT2D eigenvalue weighted by Crippen LogP contribution is -2.37. The molecule has 3 amide bonds. The van der Waals surface area contributed by atoms with Crippen LogP contribution in [0.5, 0.6) is 0 Å². The molecule has 114 valence electrons. The van der Waals surface area contributed by atoms with E-state index in [0.717, 1.165) is 21.4 Å². The van der Waals surface area contributed by atoms with Gasteiger partial charge in [0.15, 0.2) is 6.61 Å². The van der Waals surface area contributed by atoms with Crippen LogP contribution in [0.4, 0.5) is 4.79 Å². The Bertz CT molecular complexity index is 737. The number of rotatable bonds is 4. The summed E-state index contributed by atoms with van der Waals surface area (Å²) in [5.41, 5.74) is 1.75. The van der Waals surface area contributed by atoms with E-state index < -0.39 is 24.5 Å². The second-order valence-corrected chi connectivity index (χ2v) is 4.97. The van der Waals surface area contributed by atoms with Crippen LogP contribution in [0, 0.1) is 0 Å². The number of carbonyl (C=O) groups excluding carboxylic acids is 3. The predicted octanol–water partition coefficient (Wildman–Crippen LogP) is 0.805. The van der Waals surface area contributed by atoms with Crippen LogP contribution in [0.2, 0.25) is 0 Å². The number of esters is 1. The summed E-state index contributed by atoms with van der Waals surface area (Å²) in [6.07, 6.45) is 1.82. The fourth-order valence-electron chi connectivity index (χ4n) is 2.41. The average Bonchev–Trinajstić information content (AvgIpc) is 3.12. The maximum absolute atomic E-state index is 11.8. The molecule has 0 saturated carbocycles. The summed E-state index contributed by atoms with van der Waals surface area (Å²) in [6, 6.07) is 7.17. The van der Waals surface area contributed by atoms with Crippen molar-refractivity contribution in [3.05, 3.63) is 36.0 Å². The Kier molecular flexibility index (Phi) is 3.78. The van der Waals surface area contributed by atoms with Crippen LogP contribution < -0.4 is 5.32 Å². The van der Waals surface area contributed by atoms with Crippen LogP contribution in [-0.4, -0.2) is 47.5 Å². The number of nitrogens with zero attached hydrogens (tertiary/aromatic N) is 1. The van der Waals surface area contributed by atoms with Crippen molar-refractivity contribution >= 4 is 28.8 Å². The highest BCUT2D eigenvalue weighted by atomic mass is 16.5. The number of hydrogen-bond acceptors (Lipinski definition) is 4. The first kappa shape index (κ1) is 14.1. The molecule has 0 atom stereocenters. The minimum absolute atomic E-state index is 0.0729. The highest BCUT2D eigenvalue weighted by molar-refractivity contribution is 5.97. The molecule has 22 heavy (non-hydrogen) atoms. The Morgan fingerprint density at radius 3 is 2.86 bits per heavy atom. The fraction of sp³-hybridized carbons (Fsp3) is 0.267. The molecule has 1 aromatic heterocycles. The number of ether oxygens (including phenoxy) is 1. The SMILES string of the molecule is O=C(Cc1c[nH]c2ccccc12)OCC(=O)N1CCNC1=O. The number of fused-ring (bicyclic) bond motifs is 1. The van der Waals surface area contributed by atoms with Gasteiger partial charge < -0.3 is 15.0 Å². The van der Waals surface area contributed by atoms with Gasteiger partial charge in [-0.1, -0.05) is 18.2 Å². The number of nitrogens with one attached hydrogen (secondary N) is 2. The molecule has 7 heteroatoms. The van der Waals surface area contributed by atoms with Crippen LogP contribution in [-0.2, 0) is 20.7 Å². The molecule has 2 heterocycles. The lowest BCUT2D eigenvalue weighted by molar-refractivity contribution is -0.150. The molecular formula is C15H15N3O4. The summed E-state index contributed by atoms with van der Waals surface area (Å²) in [5.74, 6) is -1.01.